The number of piperidine rings is 1. The summed E-state index contributed by atoms with van der Waals surface area (Å²) >= 11 is 3.45. The Hall–Kier alpha value is -2.54. The van der Waals surface area contributed by atoms with Crippen molar-refractivity contribution in [2.75, 3.05) is 24.1 Å². The highest BCUT2D eigenvalue weighted by atomic mass is 79.9. The van der Waals surface area contributed by atoms with E-state index in [1.165, 1.54) is 5.56 Å². The van der Waals surface area contributed by atoms with Crippen LogP contribution in [0.1, 0.15) is 36.8 Å². The van der Waals surface area contributed by atoms with Gasteiger partial charge in [0.2, 0.25) is 5.91 Å². The number of halogens is 1. The largest absolute Gasteiger partial charge is 0.398 e. The number of hydrogen-bond donors (Lipinski definition) is 2. The number of hydrogen-bond acceptors (Lipinski definition) is 3. The van der Waals surface area contributed by atoms with Gasteiger partial charge in [-0.05, 0) is 70.9 Å². The van der Waals surface area contributed by atoms with Gasteiger partial charge in [-0.25, -0.2) is 4.79 Å². The molecule has 3 N–H and O–H groups in total. The lowest BCUT2D eigenvalue weighted by Crippen LogP contribution is -2.51. The molecule has 0 unspecified atom stereocenters. The number of amides is 3. The van der Waals surface area contributed by atoms with E-state index in [2.05, 4.69) is 27.3 Å². The van der Waals surface area contributed by atoms with Crippen LogP contribution in [0.3, 0.4) is 0 Å². The van der Waals surface area contributed by atoms with Gasteiger partial charge in [-0.15, -0.1) is 0 Å². The van der Waals surface area contributed by atoms with E-state index in [0.717, 1.165) is 47.1 Å². The van der Waals surface area contributed by atoms with Crippen LogP contribution in [0.2, 0.25) is 0 Å². The molecule has 7 heteroatoms. The highest BCUT2D eigenvalue weighted by Gasteiger charge is 2.32. The fourth-order valence-electron chi connectivity index (χ4n) is 4.27. The third-order valence-electron chi connectivity index (χ3n) is 6.04. The van der Waals surface area contributed by atoms with Gasteiger partial charge in [0.05, 0.1) is 0 Å². The number of carbonyl (C=O) groups is 2. The molecule has 0 saturated carbocycles. The van der Waals surface area contributed by atoms with Gasteiger partial charge < -0.3 is 20.9 Å². The Bertz CT molecular complexity index is 941. The molecule has 2 aromatic rings. The number of likely N-dealkylation sites (tertiary alicyclic amines) is 1. The van der Waals surface area contributed by atoms with Crippen molar-refractivity contribution in [3.05, 3.63) is 58.1 Å². The van der Waals surface area contributed by atoms with Gasteiger partial charge in [-0.3, -0.25) is 4.79 Å². The molecule has 3 amide bonds. The molecule has 4 rings (SSSR count). The van der Waals surface area contributed by atoms with Crippen molar-refractivity contribution in [2.24, 2.45) is 0 Å². The molecule has 0 spiro atoms. The molecule has 2 heterocycles. The number of anilines is 2. The van der Waals surface area contributed by atoms with E-state index >= 15 is 0 Å². The number of nitrogens with two attached hydrogens (primary N) is 1. The quantitative estimate of drug-likeness (QED) is 0.635. The normalized spacial score (nSPS) is 16.9. The van der Waals surface area contributed by atoms with Crippen LogP contribution >= 0.6 is 15.9 Å². The van der Waals surface area contributed by atoms with E-state index in [-0.39, 0.29) is 18.0 Å². The summed E-state index contributed by atoms with van der Waals surface area (Å²) in [6.45, 7) is 2.06. The fraction of sp³-hybridized carbons (Fsp3) is 0.391. The zero-order valence-corrected chi connectivity index (χ0v) is 18.5. The standard InChI is InChI=1S/C23H27BrN4O2/c24-19-14-16(8-9-20(19)25)4-3-7-22(29)27-12-10-18(11-13-27)28-15-17-5-1-2-6-21(17)26-23(28)30/h1-2,5-6,8-9,14,18H,3-4,7,10-13,15,25H2,(H,26,30). The minimum absolute atomic E-state index is 0.0341. The first kappa shape index (κ1) is 20.7. The van der Waals surface area contributed by atoms with Gasteiger partial charge in [0, 0.05) is 47.9 Å². The van der Waals surface area contributed by atoms with Crippen LogP contribution in [-0.4, -0.2) is 40.9 Å². The summed E-state index contributed by atoms with van der Waals surface area (Å²) in [6.07, 6.45) is 3.87. The summed E-state index contributed by atoms with van der Waals surface area (Å²) in [4.78, 5) is 29.0. The van der Waals surface area contributed by atoms with Crippen LogP contribution < -0.4 is 11.1 Å². The van der Waals surface area contributed by atoms with Gasteiger partial charge in [0.15, 0.2) is 0 Å². The predicted octanol–water partition coefficient (Wildman–Crippen LogP) is 4.39. The van der Waals surface area contributed by atoms with E-state index in [9.17, 15) is 9.59 Å². The Kier molecular flexibility index (Phi) is 6.27. The molecule has 0 aromatic heterocycles. The summed E-state index contributed by atoms with van der Waals surface area (Å²) in [5.74, 6) is 0.205. The Morgan fingerprint density at radius 2 is 1.93 bits per heavy atom. The molecule has 0 radical (unpaired) electrons. The molecule has 6 nitrogen and oxygen atoms in total. The second-order valence-corrected chi connectivity index (χ2v) is 8.89. The highest BCUT2D eigenvalue weighted by Crippen LogP contribution is 2.28. The van der Waals surface area contributed by atoms with E-state index in [1.807, 2.05) is 46.2 Å². The van der Waals surface area contributed by atoms with Crippen LogP contribution in [0.25, 0.3) is 0 Å². The Morgan fingerprint density at radius 1 is 1.17 bits per heavy atom. The van der Waals surface area contributed by atoms with E-state index in [4.69, 9.17) is 5.73 Å². The van der Waals surface area contributed by atoms with Crippen molar-refractivity contribution in [2.45, 2.75) is 44.7 Å². The Labute approximate surface area is 185 Å². The molecule has 1 saturated heterocycles. The first-order valence-electron chi connectivity index (χ1n) is 10.5. The van der Waals surface area contributed by atoms with E-state index in [0.29, 0.717) is 26.1 Å². The molecule has 1 fully saturated rings. The molecule has 2 aliphatic rings. The van der Waals surface area contributed by atoms with Crippen LogP contribution in [0.5, 0.6) is 0 Å². The molecule has 30 heavy (non-hydrogen) atoms. The second-order valence-electron chi connectivity index (χ2n) is 8.04. The molecule has 158 valence electrons. The summed E-state index contributed by atoms with van der Waals surface area (Å²) in [5.41, 5.74) is 9.78. The first-order valence-corrected chi connectivity index (χ1v) is 11.3. The average Bonchev–Trinajstić information content (AvgIpc) is 2.76. The minimum Gasteiger partial charge on any atom is -0.398 e. The number of nitrogens with one attached hydrogen (secondary N) is 1. The lowest BCUT2D eigenvalue weighted by molar-refractivity contribution is -0.132. The first-order chi connectivity index (χ1) is 14.5. The Morgan fingerprint density at radius 3 is 2.70 bits per heavy atom. The zero-order valence-electron chi connectivity index (χ0n) is 16.9. The van der Waals surface area contributed by atoms with Gasteiger partial charge in [0.25, 0.3) is 0 Å². The summed E-state index contributed by atoms with van der Waals surface area (Å²) in [6, 6.07) is 14.0. The van der Waals surface area contributed by atoms with Gasteiger partial charge in [0.1, 0.15) is 0 Å². The molecule has 2 aromatic carbocycles. The molecular formula is C23H27BrN4O2. The number of benzene rings is 2. The third kappa shape index (κ3) is 4.61. The number of rotatable bonds is 5. The van der Waals surface area contributed by atoms with Crippen molar-refractivity contribution >= 4 is 39.2 Å². The zero-order chi connectivity index (χ0) is 21.1. The highest BCUT2D eigenvalue weighted by molar-refractivity contribution is 9.10. The second kappa shape index (κ2) is 9.08. The van der Waals surface area contributed by atoms with E-state index in [1.54, 1.807) is 0 Å². The number of fused-ring (bicyclic) bond motifs is 1. The Balaban J connectivity index is 1.24. The number of nitrogen functional groups attached to an aromatic ring is 1. The lowest BCUT2D eigenvalue weighted by atomic mass is 10.00. The molecule has 0 atom stereocenters. The number of para-hydroxylation sites is 1. The monoisotopic (exact) mass is 470 g/mol. The molecule has 0 aliphatic carbocycles. The van der Waals surface area contributed by atoms with Gasteiger partial charge >= 0.3 is 6.03 Å². The van der Waals surface area contributed by atoms with Gasteiger partial charge in [-0.1, -0.05) is 24.3 Å². The van der Waals surface area contributed by atoms with Crippen molar-refractivity contribution in [1.29, 1.82) is 0 Å². The van der Waals surface area contributed by atoms with Crippen molar-refractivity contribution in [3.63, 3.8) is 0 Å². The van der Waals surface area contributed by atoms with Crippen molar-refractivity contribution in [3.8, 4) is 0 Å². The maximum Gasteiger partial charge on any atom is 0.322 e. The van der Waals surface area contributed by atoms with Crippen molar-refractivity contribution < 1.29 is 9.59 Å². The number of aryl methyl sites for hydroxylation is 1. The maximum absolute atomic E-state index is 12.6. The number of nitrogens with zero attached hydrogens (tertiary/aromatic N) is 2. The predicted molar refractivity (Wildman–Crippen MR) is 122 cm³/mol. The van der Waals surface area contributed by atoms with Gasteiger partial charge in [-0.2, -0.15) is 0 Å². The molecule has 0 bridgehead atoms. The third-order valence-corrected chi connectivity index (χ3v) is 6.73. The number of carbonyl (C=O) groups excluding carboxylic acids is 2. The van der Waals surface area contributed by atoms with Crippen LogP contribution in [-0.2, 0) is 17.8 Å². The fourth-order valence-corrected chi connectivity index (χ4v) is 4.70. The van der Waals surface area contributed by atoms with Crippen LogP contribution in [0.4, 0.5) is 16.2 Å². The minimum atomic E-state index is -0.0341. The summed E-state index contributed by atoms with van der Waals surface area (Å²) in [7, 11) is 0. The number of urea groups is 1. The van der Waals surface area contributed by atoms with Crippen LogP contribution in [0, 0.1) is 0 Å². The van der Waals surface area contributed by atoms with Crippen LogP contribution in [0.15, 0.2) is 46.9 Å². The summed E-state index contributed by atoms with van der Waals surface area (Å²) < 4.78 is 0.901. The molecule has 2 aliphatic heterocycles. The average molecular weight is 471 g/mol. The van der Waals surface area contributed by atoms with Crippen molar-refractivity contribution in [1.82, 2.24) is 9.80 Å². The lowest BCUT2D eigenvalue weighted by Gasteiger charge is -2.40. The summed E-state index contributed by atoms with van der Waals surface area (Å²) in [5, 5.41) is 2.99. The maximum atomic E-state index is 12.6. The smallest absolute Gasteiger partial charge is 0.322 e. The SMILES string of the molecule is Nc1ccc(CCCC(=O)N2CCC(N3Cc4ccccc4NC3=O)CC2)cc1Br. The molecular weight excluding hydrogens is 444 g/mol. The topological polar surface area (TPSA) is 78.7 Å². The van der Waals surface area contributed by atoms with E-state index < -0.39 is 0 Å².